The summed E-state index contributed by atoms with van der Waals surface area (Å²) >= 11 is 3.13. The van der Waals surface area contributed by atoms with Gasteiger partial charge in [0.2, 0.25) is 0 Å². The number of carbonyl (C=O) groups is 1. The van der Waals surface area contributed by atoms with E-state index in [-0.39, 0.29) is 11.3 Å². The van der Waals surface area contributed by atoms with Crippen LogP contribution in [0.15, 0.2) is 22.7 Å². The van der Waals surface area contributed by atoms with Crippen LogP contribution in [0.1, 0.15) is 30.1 Å². The summed E-state index contributed by atoms with van der Waals surface area (Å²) in [6.07, 6.45) is 1.86. The summed E-state index contributed by atoms with van der Waals surface area (Å²) in [7, 11) is -3.65. The molecule has 0 radical (unpaired) electrons. The fourth-order valence-corrected chi connectivity index (χ4v) is 4.12. The number of rotatable bonds is 4. The predicted molar refractivity (Wildman–Crippen MR) is 83.6 cm³/mol. The van der Waals surface area contributed by atoms with E-state index in [0.29, 0.717) is 23.5 Å². The van der Waals surface area contributed by atoms with Gasteiger partial charge in [0.25, 0.3) is 0 Å². The second-order valence-electron chi connectivity index (χ2n) is 5.21. The molecular weight excluding hydrogens is 360 g/mol. The summed E-state index contributed by atoms with van der Waals surface area (Å²) in [5.74, 6) is -0.788. The van der Waals surface area contributed by atoms with Gasteiger partial charge in [-0.1, -0.05) is 6.92 Å². The quantitative estimate of drug-likeness (QED) is 0.844. The van der Waals surface area contributed by atoms with Crippen LogP contribution in [0.3, 0.4) is 0 Å². The molecular formula is C13H17BrN2O4S. The lowest BCUT2D eigenvalue weighted by atomic mass is 10.0. The third-order valence-electron chi connectivity index (χ3n) is 3.40. The van der Waals surface area contributed by atoms with E-state index >= 15 is 0 Å². The highest BCUT2D eigenvalue weighted by Gasteiger charge is 2.27. The Hall–Kier alpha value is -1.12. The maximum absolute atomic E-state index is 12.3. The molecule has 1 aromatic carbocycles. The Balaban J connectivity index is 2.20. The molecule has 1 aromatic rings. The lowest BCUT2D eigenvalue weighted by Crippen LogP contribution is -2.42. The Labute approximate surface area is 132 Å². The zero-order chi connectivity index (χ0) is 15.6. The van der Waals surface area contributed by atoms with Crippen LogP contribution in [0, 0.1) is 5.92 Å². The van der Waals surface area contributed by atoms with Crippen molar-refractivity contribution in [3.05, 3.63) is 28.2 Å². The molecule has 1 aliphatic heterocycles. The van der Waals surface area contributed by atoms with E-state index in [2.05, 4.69) is 20.7 Å². The Morgan fingerprint density at radius 1 is 1.48 bits per heavy atom. The van der Waals surface area contributed by atoms with E-state index < -0.39 is 16.2 Å². The number of piperidine rings is 1. The van der Waals surface area contributed by atoms with Crippen molar-refractivity contribution in [1.82, 2.24) is 4.31 Å². The lowest BCUT2D eigenvalue weighted by Gasteiger charge is -2.30. The van der Waals surface area contributed by atoms with Crippen LogP contribution in [-0.2, 0) is 10.2 Å². The van der Waals surface area contributed by atoms with Crippen molar-refractivity contribution < 1.29 is 18.3 Å². The molecule has 1 unspecified atom stereocenters. The van der Waals surface area contributed by atoms with Crippen LogP contribution in [-0.4, -0.2) is 36.9 Å². The number of hydrogen-bond acceptors (Lipinski definition) is 3. The number of aromatic carboxylic acids is 1. The monoisotopic (exact) mass is 376 g/mol. The molecule has 0 spiro atoms. The van der Waals surface area contributed by atoms with Crippen molar-refractivity contribution in [3.63, 3.8) is 0 Å². The van der Waals surface area contributed by atoms with Gasteiger partial charge in [-0.15, -0.1) is 0 Å². The van der Waals surface area contributed by atoms with E-state index in [1.165, 1.54) is 22.5 Å². The van der Waals surface area contributed by atoms with Crippen LogP contribution in [0.5, 0.6) is 0 Å². The second-order valence-corrected chi connectivity index (χ2v) is 7.74. The van der Waals surface area contributed by atoms with E-state index in [4.69, 9.17) is 5.11 Å². The number of carboxylic acid groups (broad SMARTS) is 1. The Morgan fingerprint density at radius 2 is 2.19 bits per heavy atom. The second kappa shape index (κ2) is 6.33. The van der Waals surface area contributed by atoms with Crippen LogP contribution in [0.25, 0.3) is 0 Å². The molecule has 1 atom stereocenters. The minimum atomic E-state index is -3.65. The average molecular weight is 377 g/mol. The zero-order valence-electron chi connectivity index (χ0n) is 11.5. The number of carboxylic acids is 1. The minimum absolute atomic E-state index is 0.0159. The van der Waals surface area contributed by atoms with Crippen molar-refractivity contribution in [2.75, 3.05) is 17.8 Å². The fourth-order valence-electron chi connectivity index (χ4n) is 2.33. The Bertz CT molecular complexity index is 648. The minimum Gasteiger partial charge on any atom is -0.478 e. The highest BCUT2D eigenvalue weighted by atomic mass is 79.9. The SMILES string of the molecule is CC1CCCN(S(=O)(=O)Nc2ccc(Br)c(C(=O)O)c2)C1. The van der Waals surface area contributed by atoms with Gasteiger partial charge in [-0.3, -0.25) is 4.72 Å². The molecule has 6 nitrogen and oxygen atoms in total. The summed E-state index contributed by atoms with van der Waals surface area (Å²) in [5.41, 5.74) is 0.260. The zero-order valence-corrected chi connectivity index (χ0v) is 13.9. The van der Waals surface area contributed by atoms with E-state index in [0.717, 1.165) is 12.8 Å². The number of nitrogens with one attached hydrogen (secondary N) is 1. The topological polar surface area (TPSA) is 86.7 Å². The van der Waals surface area contributed by atoms with Crippen LogP contribution < -0.4 is 4.72 Å². The molecule has 1 saturated heterocycles. The maximum atomic E-state index is 12.3. The van der Waals surface area contributed by atoms with Crippen LogP contribution in [0.4, 0.5) is 5.69 Å². The van der Waals surface area contributed by atoms with Gasteiger partial charge in [-0.05, 0) is 52.9 Å². The number of hydrogen-bond donors (Lipinski definition) is 2. The normalized spacial score (nSPS) is 20.2. The molecule has 1 fully saturated rings. The number of halogens is 1. The molecule has 0 aliphatic carbocycles. The molecule has 2 rings (SSSR count). The smallest absolute Gasteiger partial charge is 0.336 e. The van der Waals surface area contributed by atoms with Crippen LogP contribution >= 0.6 is 15.9 Å². The maximum Gasteiger partial charge on any atom is 0.336 e. The number of benzene rings is 1. The molecule has 0 amide bonds. The first kappa shape index (κ1) is 16.3. The van der Waals surface area contributed by atoms with Gasteiger partial charge in [0.15, 0.2) is 0 Å². The summed E-state index contributed by atoms with van der Waals surface area (Å²) < 4.78 is 28.9. The molecule has 1 aliphatic rings. The van der Waals surface area contributed by atoms with E-state index in [1.807, 2.05) is 6.92 Å². The summed E-state index contributed by atoms with van der Waals surface area (Å²) in [6.45, 7) is 2.99. The van der Waals surface area contributed by atoms with Gasteiger partial charge < -0.3 is 5.11 Å². The standard InChI is InChI=1S/C13H17BrN2O4S/c1-9-3-2-6-16(8-9)21(19,20)15-10-4-5-12(14)11(7-10)13(17)18/h4-5,7,9,15H,2-3,6,8H2,1H3,(H,17,18). The third kappa shape index (κ3) is 3.96. The van der Waals surface area contributed by atoms with Crippen molar-refractivity contribution in [2.45, 2.75) is 19.8 Å². The van der Waals surface area contributed by atoms with Gasteiger partial charge in [0.05, 0.1) is 11.3 Å². The Kier molecular flexibility index (Phi) is 4.90. The van der Waals surface area contributed by atoms with Crippen molar-refractivity contribution in [1.29, 1.82) is 0 Å². The first-order valence-electron chi connectivity index (χ1n) is 6.60. The van der Waals surface area contributed by atoms with Crippen molar-refractivity contribution in [3.8, 4) is 0 Å². The molecule has 1 heterocycles. The summed E-state index contributed by atoms with van der Waals surface area (Å²) in [5, 5.41) is 9.05. The molecule has 0 aromatic heterocycles. The van der Waals surface area contributed by atoms with Gasteiger partial charge in [-0.2, -0.15) is 12.7 Å². The molecule has 8 heteroatoms. The molecule has 2 N–H and O–H groups in total. The van der Waals surface area contributed by atoms with Gasteiger partial charge in [0, 0.05) is 17.6 Å². The first-order valence-corrected chi connectivity index (χ1v) is 8.83. The van der Waals surface area contributed by atoms with E-state index in [1.54, 1.807) is 0 Å². The third-order valence-corrected chi connectivity index (χ3v) is 5.60. The highest BCUT2D eigenvalue weighted by molar-refractivity contribution is 9.10. The van der Waals surface area contributed by atoms with Crippen molar-refractivity contribution >= 4 is 37.8 Å². The largest absolute Gasteiger partial charge is 0.478 e. The first-order chi connectivity index (χ1) is 9.79. The summed E-state index contributed by atoms with van der Waals surface area (Å²) in [4.78, 5) is 11.1. The van der Waals surface area contributed by atoms with Crippen molar-refractivity contribution in [2.24, 2.45) is 5.92 Å². The van der Waals surface area contributed by atoms with Gasteiger partial charge in [-0.25, -0.2) is 4.79 Å². The van der Waals surface area contributed by atoms with E-state index in [9.17, 15) is 13.2 Å². The number of nitrogens with zero attached hydrogens (tertiary/aromatic N) is 1. The summed E-state index contributed by atoms with van der Waals surface area (Å²) in [6, 6.07) is 4.35. The van der Waals surface area contributed by atoms with Crippen LogP contribution in [0.2, 0.25) is 0 Å². The molecule has 0 saturated carbocycles. The fraction of sp³-hybridized carbons (Fsp3) is 0.462. The number of anilines is 1. The molecule has 116 valence electrons. The molecule has 21 heavy (non-hydrogen) atoms. The highest BCUT2D eigenvalue weighted by Crippen LogP contribution is 2.24. The predicted octanol–water partition coefficient (Wildman–Crippen LogP) is 2.54. The van der Waals surface area contributed by atoms with Gasteiger partial charge >= 0.3 is 16.2 Å². The lowest BCUT2D eigenvalue weighted by molar-refractivity contribution is 0.0696. The Morgan fingerprint density at radius 3 is 2.81 bits per heavy atom. The average Bonchev–Trinajstić information content (AvgIpc) is 2.40. The van der Waals surface area contributed by atoms with Gasteiger partial charge in [0.1, 0.15) is 0 Å². The molecule has 0 bridgehead atoms.